The topological polar surface area (TPSA) is 74.8 Å². The van der Waals surface area contributed by atoms with Gasteiger partial charge in [-0.25, -0.2) is 5.10 Å². The molecule has 0 saturated carbocycles. The molecule has 3 rings (SSSR count). The number of benzene rings is 2. The highest BCUT2D eigenvalue weighted by Crippen LogP contribution is 2.25. The van der Waals surface area contributed by atoms with Crippen molar-refractivity contribution in [1.29, 1.82) is 0 Å². The van der Waals surface area contributed by atoms with E-state index in [1.165, 1.54) is 0 Å². The summed E-state index contributed by atoms with van der Waals surface area (Å²) in [5.41, 5.74) is 2.60. The number of aromatic nitrogens is 2. The average molecular weight is 281 g/mol. The van der Waals surface area contributed by atoms with Crippen LogP contribution in [0, 0.1) is 0 Å². The Morgan fingerprint density at radius 1 is 1.05 bits per heavy atom. The Balaban J connectivity index is 0.000000774. The zero-order valence-electron chi connectivity index (χ0n) is 11.6. The van der Waals surface area contributed by atoms with Crippen LogP contribution < -0.4 is 10.9 Å². The van der Waals surface area contributed by atoms with Gasteiger partial charge in [0.2, 0.25) is 0 Å². The van der Waals surface area contributed by atoms with Gasteiger partial charge in [-0.15, -0.1) is 0 Å². The number of nitrogens with zero attached hydrogens (tertiary/aromatic N) is 1. The predicted octanol–water partition coefficient (Wildman–Crippen LogP) is 2.45. The van der Waals surface area contributed by atoms with Crippen LogP contribution in [0.15, 0.2) is 53.3 Å². The quantitative estimate of drug-likeness (QED) is 0.756. The normalized spacial score (nSPS) is 9.76. The van der Waals surface area contributed by atoms with Crippen LogP contribution in [0.25, 0.3) is 22.0 Å². The molecule has 0 aliphatic carbocycles. The fourth-order valence-electron chi connectivity index (χ4n) is 2.16. The monoisotopic (exact) mass is 281 g/mol. The molecule has 3 aromatic rings. The van der Waals surface area contributed by atoms with Gasteiger partial charge in [0, 0.05) is 23.7 Å². The number of hydrogen-bond acceptors (Lipinski definition) is 4. The van der Waals surface area contributed by atoms with Gasteiger partial charge in [0.15, 0.2) is 0 Å². The number of carbonyl (C=O) groups excluding carboxylic acids is 1. The summed E-state index contributed by atoms with van der Waals surface area (Å²) in [4.78, 5) is 19.8. The molecule has 0 atom stereocenters. The van der Waals surface area contributed by atoms with E-state index in [2.05, 4.69) is 15.5 Å². The van der Waals surface area contributed by atoms with Crippen molar-refractivity contribution in [3.05, 3.63) is 58.9 Å². The largest absolute Gasteiger partial charge is 0.388 e. The van der Waals surface area contributed by atoms with Gasteiger partial charge in [0.05, 0.1) is 11.1 Å². The van der Waals surface area contributed by atoms with Crippen LogP contribution in [-0.4, -0.2) is 24.0 Å². The summed E-state index contributed by atoms with van der Waals surface area (Å²) < 4.78 is 0. The predicted molar refractivity (Wildman–Crippen MR) is 84.5 cm³/mol. The Hall–Kier alpha value is -2.95. The van der Waals surface area contributed by atoms with Crippen LogP contribution >= 0.6 is 0 Å². The minimum absolute atomic E-state index is 0.163. The number of carbonyl (C=O) groups is 1. The molecular formula is C16H15N3O2. The van der Waals surface area contributed by atoms with Crippen LogP contribution in [-0.2, 0) is 4.79 Å². The summed E-state index contributed by atoms with van der Waals surface area (Å²) in [5.74, 6) is 0. The van der Waals surface area contributed by atoms with Crippen LogP contribution in [0.3, 0.4) is 0 Å². The molecule has 0 amide bonds. The first-order chi connectivity index (χ1) is 10.3. The van der Waals surface area contributed by atoms with Gasteiger partial charge in [-0.2, -0.15) is 5.10 Å². The summed E-state index contributed by atoms with van der Waals surface area (Å²) in [6, 6.07) is 15.4. The van der Waals surface area contributed by atoms with Crippen LogP contribution in [0.2, 0.25) is 0 Å². The molecule has 2 N–H and O–H groups in total. The van der Waals surface area contributed by atoms with E-state index in [1.807, 2.05) is 56.3 Å². The van der Waals surface area contributed by atoms with E-state index < -0.39 is 0 Å². The number of fused-ring (bicyclic) bond motifs is 1. The maximum absolute atomic E-state index is 11.8. The van der Waals surface area contributed by atoms with Gasteiger partial charge >= 0.3 is 0 Å². The first-order valence-electron chi connectivity index (χ1n) is 6.34. The third-order valence-corrected chi connectivity index (χ3v) is 3.12. The van der Waals surface area contributed by atoms with Crippen LogP contribution in [0.5, 0.6) is 0 Å². The molecule has 21 heavy (non-hydrogen) atoms. The molecule has 0 fully saturated rings. The molecule has 0 spiro atoms. The van der Waals surface area contributed by atoms with Gasteiger partial charge in [0.25, 0.3) is 5.56 Å². The highest BCUT2D eigenvalue weighted by Gasteiger charge is 2.08. The summed E-state index contributed by atoms with van der Waals surface area (Å²) in [5, 5.41) is 11.4. The van der Waals surface area contributed by atoms with Crippen LogP contribution in [0.4, 0.5) is 5.69 Å². The van der Waals surface area contributed by atoms with Crippen molar-refractivity contribution in [3.63, 3.8) is 0 Å². The van der Waals surface area contributed by atoms with E-state index >= 15 is 0 Å². The number of anilines is 1. The summed E-state index contributed by atoms with van der Waals surface area (Å²) in [7, 11) is 1.87. The Morgan fingerprint density at radius 3 is 2.48 bits per heavy atom. The van der Waals surface area contributed by atoms with Crippen molar-refractivity contribution in [2.24, 2.45) is 0 Å². The molecule has 0 radical (unpaired) electrons. The van der Waals surface area contributed by atoms with Crippen molar-refractivity contribution in [2.75, 3.05) is 12.4 Å². The molecular weight excluding hydrogens is 266 g/mol. The highest BCUT2D eigenvalue weighted by molar-refractivity contribution is 5.94. The SMILES string of the molecule is C=O.CNc1cccc(-c2n[nH]c(=O)c3ccccc23)c1. The van der Waals surface area contributed by atoms with E-state index in [4.69, 9.17) is 4.79 Å². The zero-order valence-corrected chi connectivity index (χ0v) is 11.6. The van der Waals surface area contributed by atoms with Crippen molar-refractivity contribution in [3.8, 4) is 11.3 Å². The van der Waals surface area contributed by atoms with Crippen LogP contribution in [0.1, 0.15) is 0 Å². The third kappa shape index (κ3) is 2.81. The molecule has 0 unspecified atom stereocenters. The van der Waals surface area contributed by atoms with E-state index in [0.29, 0.717) is 5.39 Å². The van der Waals surface area contributed by atoms with Gasteiger partial charge in [-0.3, -0.25) is 4.79 Å². The van der Waals surface area contributed by atoms with Gasteiger partial charge in [-0.1, -0.05) is 30.3 Å². The Labute approximate surface area is 121 Å². The van der Waals surface area contributed by atoms with E-state index in [-0.39, 0.29) is 5.56 Å². The molecule has 1 aromatic heterocycles. The minimum Gasteiger partial charge on any atom is -0.388 e. The van der Waals surface area contributed by atoms with Crippen molar-refractivity contribution < 1.29 is 4.79 Å². The number of hydrogen-bond donors (Lipinski definition) is 2. The second kappa shape index (κ2) is 6.47. The Kier molecular flexibility index (Phi) is 4.46. The molecule has 5 heteroatoms. The molecule has 0 bridgehead atoms. The molecule has 1 heterocycles. The van der Waals surface area contributed by atoms with E-state index in [0.717, 1.165) is 22.3 Å². The standard InChI is InChI=1S/C15H13N3O.CH2O/c1-16-11-6-4-5-10(9-11)14-12-7-2-3-8-13(12)15(19)18-17-14;1-2/h2-9,16H,1H3,(H,18,19);1H2. The highest BCUT2D eigenvalue weighted by atomic mass is 16.1. The number of H-pyrrole nitrogens is 1. The summed E-state index contributed by atoms with van der Waals surface area (Å²) in [6.07, 6.45) is 0. The number of rotatable bonds is 2. The third-order valence-electron chi connectivity index (χ3n) is 3.12. The fourth-order valence-corrected chi connectivity index (χ4v) is 2.16. The van der Waals surface area contributed by atoms with Crippen molar-refractivity contribution in [2.45, 2.75) is 0 Å². The van der Waals surface area contributed by atoms with Gasteiger partial charge in [0.1, 0.15) is 6.79 Å². The van der Waals surface area contributed by atoms with Gasteiger partial charge < -0.3 is 10.1 Å². The second-order valence-electron chi connectivity index (χ2n) is 4.28. The number of nitrogens with one attached hydrogen (secondary N) is 2. The van der Waals surface area contributed by atoms with Crippen molar-refractivity contribution in [1.82, 2.24) is 10.2 Å². The average Bonchev–Trinajstić information content (AvgIpc) is 2.57. The van der Waals surface area contributed by atoms with E-state index in [1.54, 1.807) is 6.07 Å². The fraction of sp³-hybridized carbons (Fsp3) is 0.0625. The summed E-state index contributed by atoms with van der Waals surface area (Å²) >= 11 is 0. The molecule has 5 nitrogen and oxygen atoms in total. The second-order valence-corrected chi connectivity index (χ2v) is 4.28. The lowest BCUT2D eigenvalue weighted by Gasteiger charge is -2.06. The first-order valence-corrected chi connectivity index (χ1v) is 6.34. The lowest BCUT2D eigenvalue weighted by molar-refractivity contribution is -0.0979. The lowest BCUT2D eigenvalue weighted by Crippen LogP contribution is -2.09. The van der Waals surface area contributed by atoms with Gasteiger partial charge in [-0.05, 0) is 18.2 Å². The molecule has 0 saturated heterocycles. The maximum atomic E-state index is 11.8. The van der Waals surface area contributed by atoms with Crippen molar-refractivity contribution >= 4 is 23.2 Å². The Morgan fingerprint density at radius 2 is 1.76 bits per heavy atom. The van der Waals surface area contributed by atoms with E-state index in [9.17, 15) is 4.79 Å². The minimum atomic E-state index is -0.163. The first kappa shape index (κ1) is 14.5. The maximum Gasteiger partial charge on any atom is 0.272 e. The lowest BCUT2D eigenvalue weighted by atomic mass is 10.0. The number of aromatic amines is 1. The molecule has 2 aromatic carbocycles. The molecule has 0 aliphatic rings. The summed E-state index contributed by atoms with van der Waals surface area (Å²) in [6.45, 7) is 2.00. The smallest absolute Gasteiger partial charge is 0.272 e. The zero-order chi connectivity index (χ0) is 15.2. The molecule has 0 aliphatic heterocycles. The molecule has 106 valence electrons. The Bertz CT molecular complexity index is 812.